The first-order chi connectivity index (χ1) is 9.24. The number of H-pyrrole nitrogens is 1. The van der Waals surface area contributed by atoms with Gasteiger partial charge in [0.05, 0.1) is 5.39 Å². The summed E-state index contributed by atoms with van der Waals surface area (Å²) in [6, 6.07) is 8.38. The fourth-order valence-electron chi connectivity index (χ4n) is 1.68. The van der Waals surface area contributed by atoms with Crippen LogP contribution in [0.15, 0.2) is 45.9 Å². The van der Waals surface area contributed by atoms with Crippen LogP contribution in [0.2, 0.25) is 0 Å². The van der Waals surface area contributed by atoms with E-state index < -0.39 is 11.5 Å². The van der Waals surface area contributed by atoms with Crippen LogP contribution in [0.5, 0.6) is 0 Å². The van der Waals surface area contributed by atoms with Crippen molar-refractivity contribution in [2.75, 3.05) is 5.32 Å². The summed E-state index contributed by atoms with van der Waals surface area (Å²) in [7, 11) is 0. The zero-order valence-electron chi connectivity index (χ0n) is 9.58. The molecule has 0 radical (unpaired) electrons. The van der Waals surface area contributed by atoms with Gasteiger partial charge in [-0.05, 0) is 17.5 Å². The first-order valence-electron chi connectivity index (χ1n) is 5.43. The predicted octanol–water partition coefficient (Wildman–Crippen LogP) is 1.16. The quantitative estimate of drug-likeness (QED) is 0.716. The molecule has 2 heterocycles. The van der Waals surface area contributed by atoms with Gasteiger partial charge >= 0.3 is 5.63 Å². The summed E-state index contributed by atoms with van der Waals surface area (Å²) in [6.07, 6.45) is 1.26. The molecule has 0 unspecified atom stereocenters. The van der Waals surface area contributed by atoms with Crippen molar-refractivity contribution in [2.24, 2.45) is 0 Å². The minimum Gasteiger partial charge on any atom is -0.417 e. The number of benzene rings is 1. The number of hydrogen-bond acceptors (Lipinski definition) is 5. The van der Waals surface area contributed by atoms with E-state index in [2.05, 4.69) is 20.5 Å². The molecule has 0 atom stereocenters. The van der Waals surface area contributed by atoms with Crippen molar-refractivity contribution in [3.05, 3.63) is 52.8 Å². The summed E-state index contributed by atoms with van der Waals surface area (Å²) in [5.74, 6) is -0.472. The van der Waals surface area contributed by atoms with Crippen molar-refractivity contribution in [3.8, 4) is 0 Å². The topological polar surface area (TPSA) is 101 Å². The van der Waals surface area contributed by atoms with E-state index in [4.69, 9.17) is 4.42 Å². The number of carbonyl (C=O) groups excluding carboxylic acids is 1. The number of aromatic amines is 1. The molecule has 0 bridgehead atoms. The van der Waals surface area contributed by atoms with Gasteiger partial charge in [0.1, 0.15) is 6.33 Å². The smallest absolute Gasteiger partial charge is 0.344 e. The highest BCUT2D eigenvalue weighted by molar-refractivity contribution is 6.02. The number of nitrogens with zero attached hydrogens (tertiary/aromatic N) is 2. The Morgan fingerprint density at radius 2 is 2.16 bits per heavy atom. The number of rotatable bonds is 2. The monoisotopic (exact) mass is 256 g/mol. The van der Waals surface area contributed by atoms with E-state index in [1.807, 2.05) is 0 Å². The number of anilines is 1. The normalized spacial score (nSPS) is 10.5. The van der Waals surface area contributed by atoms with Gasteiger partial charge in [0.15, 0.2) is 5.76 Å². The lowest BCUT2D eigenvalue weighted by molar-refractivity contribution is 0.0992. The van der Waals surface area contributed by atoms with E-state index in [0.717, 1.165) is 0 Å². The van der Waals surface area contributed by atoms with Crippen LogP contribution in [0, 0.1) is 0 Å². The molecule has 0 aliphatic carbocycles. The van der Waals surface area contributed by atoms with E-state index in [9.17, 15) is 9.59 Å². The first kappa shape index (κ1) is 11.1. The van der Waals surface area contributed by atoms with Gasteiger partial charge in [0.2, 0.25) is 5.95 Å². The third kappa shape index (κ3) is 2.08. The van der Waals surface area contributed by atoms with Crippen LogP contribution in [0.25, 0.3) is 10.8 Å². The number of amides is 1. The third-order valence-electron chi connectivity index (χ3n) is 2.54. The Labute approximate surface area is 106 Å². The molecule has 0 spiro atoms. The van der Waals surface area contributed by atoms with Crippen molar-refractivity contribution in [1.82, 2.24) is 15.2 Å². The number of carbonyl (C=O) groups is 1. The fourth-order valence-corrected chi connectivity index (χ4v) is 1.68. The van der Waals surface area contributed by atoms with E-state index in [-0.39, 0.29) is 11.7 Å². The zero-order chi connectivity index (χ0) is 13.2. The molecule has 0 saturated heterocycles. The maximum atomic E-state index is 11.9. The van der Waals surface area contributed by atoms with E-state index in [1.54, 1.807) is 24.3 Å². The molecule has 1 amide bonds. The van der Waals surface area contributed by atoms with Gasteiger partial charge < -0.3 is 4.42 Å². The second-order valence-electron chi connectivity index (χ2n) is 3.77. The standard InChI is InChI=1S/C12H8N4O3/c17-10(15-12-13-6-14-16-12)9-5-7-3-1-2-4-8(7)11(18)19-9/h1-6H,(H2,13,14,15,16,17). The van der Waals surface area contributed by atoms with Gasteiger partial charge in [-0.25, -0.2) is 9.89 Å². The Hall–Kier alpha value is -2.96. The average molecular weight is 256 g/mol. The molecule has 2 aromatic heterocycles. The van der Waals surface area contributed by atoms with Crippen LogP contribution < -0.4 is 10.9 Å². The Morgan fingerprint density at radius 1 is 1.32 bits per heavy atom. The molecule has 2 N–H and O–H groups in total. The second kappa shape index (κ2) is 4.37. The molecule has 0 saturated carbocycles. The number of aromatic nitrogens is 3. The van der Waals surface area contributed by atoms with Crippen molar-refractivity contribution in [3.63, 3.8) is 0 Å². The lowest BCUT2D eigenvalue weighted by Crippen LogP contribution is -2.15. The minimum atomic E-state index is -0.570. The SMILES string of the molecule is O=C(Nc1ncn[nH]1)c1cc2ccccc2c(=O)o1. The Bertz CT molecular complexity index is 792. The molecule has 19 heavy (non-hydrogen) atoms. The van der Waals surface area contributed by atoms with Gasteiger partial charge in [0.25, 0.3) is 5.91 Å². The molecule has 1 aromatic carbocycles. The van der Waals surface area contributed by atoms with Crippen molar-refractivity contribution >= 4 is 22.6 Å². The Morgan fingerprint density at radius 3 is 2.95 bits per heavy atom. The molecule has 94 valence electrons. The van der Waals surface area contributed by atoms with Gasteiger partial charge in [-0.15, -0.1) is 0 Å². The summed E-state index contributed by atoms with van der Waals surface area (Å²) in [5, 5.41) is 9.57. The van der Waals surface area contributed by atoms with Crippen LogP contribution in [0.4, 0.5) is 5.95 Å². The number of nitrogens with one attached hydrogen (secondary N) is 2. The Kier molecular flexibility index (Phi) is 2.57. The molecule has 0 fully saturated rings. The Balaban J connectivity index is 2.01. The third-order valence-corrected chi connectivity index (χ3v) is 2.54. The highest BCUT2D eigenvalue weighted by Crippen LogP contribution is 2.12. The zero-order valence-corrected chi connectivity index (χ0v) is 9.58. The molecule has 0 aliphatic heterocycles. The molecular formula is C12H8N4O3. The average Bonchev–Trinajstić information content (AvgIpc) is 2.91. The highest BCUT2D eigenvalue weighted by Gasteiger charge is 2.13. The van der Waals surface area contributed by atoms with Crippen LogP contribution in [-0.4, -0.2) is 21.1 Å². The maximum Gasteiger partial charge on any atom is 0.344 e. The maximum absolute atomic E-state index is 11.9. The van der Waals surface area contributed by atoms with Crippen molar-refractivity contribution < 1.29 is 9.21 Å². The van der Waals surface area contributed by atoms with E-state index in [0.29, 0.717) is 10.8 Å². The molecular weight excluding hydrogens is 248 g/mol. The lowest BCUT2D eigenvalue weighted by atomic mass is 10.1. The van der Waals surface area contributed by atoms with E-state index >= 15 is 0 Å². The summed E-state index contributed by atoms with van der Waals surface area (Å²) < 4.78 is 4.97. The van der Waals surface area contributed by atoms with E-state index in [1.165, 1.54) is 12.4 Å². The summed E-state index contributed by atoms with van der Waals surface area (Å²) in [6.45, 7) is 0. The predicted molar refractivity (Wildman–Crippen MR) is 66.8 cm³/mol. The molecule has 7 heteroatoms. The summed E-state index contributed by atoms with van der Waals surface area (Å²) >= 11 is 0. The second-order valence-corrected chi connectivity index (χ2v) is 3.77. The van der Waals surface area contributed by atoms with Crippen LogP contribution >= 0.6 is 0 Å². The first-order valence-corrected chi connectivity index (χ1v) is 5.43. The van der Waals surface area contributed by atoms with Crippen LogP contribution in [-0.2, 0) is 0 Å². The minimum absolute atomic E-state index is 0.0832. The highest BCUT2D eigenvalue weighted by atomic mass is 16.4. The van der Waals surface area contributed by atoms with Gasteiger partial charge in [-0.2, -0.15) is 10.1 Å². The molecule has 3 aromatic rings. The largest absolute Gasteiger partial charge is 0.417 e. The van der Waals surface area contributed by atoms with Crippen LogP contribution in [0.1, 0.15) is 10.6 Å². The number of hydrogen-bond donors (Lipinski definition) is 2. The molecule has 3 rings (SSSR count). The number of fused-ring (bicyclic) bond motifs is 1. The van der Waals surface area contributed by atoms with Crippen LogP contribution in [0.3, 0.4) is 0 Å². The van der Waals surface area contributed by atoms with Gasteiger partial charge in [-0.3, -0.25) is 10.1 Å². The van der Waals surface area contributed by atoms with Gasteiger partial charge in [-0.1, -0.05) is 18.2 Å². The van der Waals surface area contributed by atoms with Crippen molar-refractivity contribution in [2.45, 2.75) is 0 Å². The summed E-state index contributed by atoms with van der Waals surface area (Å²) in [4.78, 5) is 27.3. The van der Waals surface area contributed by atoms with Gasteiger partial charge in [0, 0.05) is 0 Å². The summed E-state index contributed by atoms with van der Waals surface area (Å²) in [5.41, 5.74) is -0.555. The molecule has 7 nitrogen and oxygen atoms in total. The fraction of sp³-hybridized carbons (Fsp3) is 0. The lowest BCUT2D eigenvalue weighted by Gasteiger charge is -2.01. The van der Waals surface area contributed by atoms with Crippen molar-refractivity contribution in [1.29, 1.82) is 0 Å². The molecule has 0 aliphatic rings.